The SMILES string of the molecule is CC(C)CCCC(C)CCCC(C)CCCC(C)CCS(C)(C)C. The van der Waals surface area contributed by atoms with Crippen LogP contribution in [0.15, 0.2) is 0 Å². The van der Waals surface area contributed by atoms with E-state index in [0.717, 1.165) is 23.7 Å². The van der Waals surface area contributed by atoms with E-state index < -0.39 is 0 Å². The van der Waals surface area contributed by atoms with Crippen LogP contribution in [0.3, 0.4) is 0 Å². The van der Waals surface area contributed by atoms with Crippen LogP contribution in [-0.4, -0.2) is 24.5 Å². The van der Waals surface area contributed by atoms with Crippen molar-refractivity contribution in [2.24, 2.45) is 23.7 Å². The molecule has 0 amide bonds. The Morgan fingerprint density at radius 3 is 1.17 bits per heavy atom. The van der Waals surface area contributed by atoms with Crippen LogP contribution in [0.5, 0.6) is 0 Å². The summed E-state index contributed by atoms with van der Waals surface area (Å²) in [4.78, 5) is 0. The standard InChI is InChI=1S/C23H50S/c1-20(2)12-9-13-21(3)14-10-15-22(4)16-11-17-23(5)18-19-24(6,7)8/h20-23H,9-19H2,1-8H3. The first kappa shape index (κ1) is 24.4. The summed E-state index contributed by atoms with van der Waals surface area (Å²) < 4.78 is 0. The lowest BCUT2D eigenvalue weighted by Crippen LogP contribution is -2.05. The zero-order chi connectivity index (χ0) is 18.6. The molecule has 0 heterocycles. The van der Waals surface area contributed by atoms with Gasteiger partial charge in [0, 0.05) is 0 Å². The molecule has 0 nitrogen and oxygen atoms in total. The third-order valence-electron chi connectivity index (χ3n) is 5.49. The molecule has 3 atom stereocenters. The molecule has 0 fully saturated rings. The average Bonchev–Trinajstić information content (AvgIpc) is 2.44. The average molecular weight is 359 g/mol. The van der Waals surface area contributed by atoms with Crippen LogP contribution < -0.4 is 0 Å². The third-order valence-corrected chi connectivity index (χ3v) is 6.95. The lowest BCUT2D eigenvalue weighted by Gasteiger charge is -2.26. The van der Waals surface area contributed by atoms with Crippen molar-refractivity contribution in [3.8, 4) is 0 Å². The van der Waals surface area contributed by atoms with Gasteiger partial charge in [-0.15, -0.1) is 0 Å². The van der Waals surface area contributed by atoms with E-state index in [1.54, 1.807) is 0 Å². The van der Waals surface area contributed by atoms with Gasteiger partial charge in [0.2, 0.25) is 0 Å². The fourth-order valence-corrected chi connectivity index (χ4v) is 4.60. The minimum Gasteiger partial charge on any atom is -0.250 e. The van der Waals surface area contributed by atoms with Crippen LogP contribution in [0, 0.1) is 23.7 Å². The molecule has 0 bridgehead atoms. The largest absolute Gasteiger partial charge is 0.250 e. The Morgan fingerprint density at radius 1 is 0.500 bits per heavy atom. The Balaban J connectivity index is 3.57. The van der Waals surface area contributed by atoms with E-state index in [0.29, 0.717) is 0 Å². The Labute approximate surface area is 157 Å². The first-order valence-corrected chi connectivity index (χ1v) is 13.8. The van der Waals surface area contributed by atoms with Gasteiger partial charge in [-0.25, -0.2) is 10.0 Å². The molecule has 0 spiro atoms. The molecule has 0 aromatic heterocycles. The molecule has 3 unspecified atom stereocenters. The van der Waals surface area contributed by atoms with E-state index in [1.807, 2.05) is 0 Å². The van der Waals surface area contributed by atoms with Crippen LogP contribution in [0.1, 0.15) is 98.8 Å². The molecule has 148 valence electrons. The van der Waals surface area contributed by atoms with Gasteiger partial charge in [-0.2, -0.15) is 0 Å². The van der Waals surface area contributed by atoms with Crippen LogP contribution in [0.25, 0.3) is 0 Å². The number of rotatable bonds is 15. The summed E-state index contributed by atoms with van der Waals surface area (Å²) in [7, 11) is -0.292. The van der Waals surface area contributed by atoms with Gasteiger partial charge >= 0.3 is 0 Å². The Morgan fingerprint density at radius 2 is 0.833 bits per heavy atom. The minimum atomic E-state index is -0.292. The van der Waals surface area contributed by atoms with Gasteiger partial charge in [0.25, 0.3) is 0 Å². The second kappa shape index (κ2) is 13.5. The summed E-state index contributed by atoms with van der Waals surface area (Å²) in [6.45, 7) is 12.1. The summed E-state index contributed by atoms with van der Waals surface area (Å²) >= 11 is 0. The maximum atomic E-state index is 2.48. The molecular formula is C23H50S. The van der Waals surface area contributed by atoms with Crippen molar-refractivity contribution in [3.63, 3.8) is 0 Å². The van der Waals surface area contributed by atoms with Crippen molar-refractivity contribution in [2.45, 2.75) is 98.8 Å². The van der Waals surface area contributed by atoms with E-state index in [2.05, 4.69) is 53.4 Å². The highest BCUT2D eigenvalue weighted by molar-refractivity contribution is 8.32. The highest BCUT2D eigenvalue weighted by atomic mass is 32.3. The molecule has 0 aliphatic rings. The highest BCUT2D eigenvalue weighted by Gasteiger charge is 2.10. The molecular weight excluding hydrogens is 308 g/mol. The van der Waals surface area contributed by atoms with Crippen LogP contribution in [0.4, 0.5) is 0 Å². The maximum absolute atomic E-state index is 2.48. The van der Waals surface area contributed by atoms with Gasteiger partial charge in [-0.1, -0.05) is 92.4 Å². The summed E-state index contributed by atoms with van der Waals surface area (Å²) in [5, 5.41) is 0. The monoisotopic (exact) mass is 358 g/mol. The van der Waals surface area contributed by atoms with E-state index in [9.17, 15) is 0 Å². The zero-order valence-electron chi connectivity index (χ0n) is 18.5. The predicted octanol–water partition coefficient (Wildman–Crippen LogP) is 8.15. The lowest BCUT2D eigenvalue weighted by molar-refractivity contribution is 0.377. The smallest absolute Gasteiger partial charge is 0.0233 e. The van der Waals surface area contributed by atoms with E-state index in [4.69, 9.17) is 0 Å². The summed E-state index contributed by atoms with van der Waals surface area (Å²) in [6.07, 6.45) is 21.8. The second-order valence-corrected chi connectivity index (χ2v) is 14.7. The molecule has 0 saturated heterocycles. The molecule has 0 saturated carbocycles. The maximum Gasteiger partial charge on any atom is -0.0233 e. The molecule has 0 aliphatic heterocycles. The van der Waals surface area contributed by atoms with Gasteiger partial charge < -0.3 is 0 Å². The minimum absolute atomic E-state index is 0.292. The number of hydrogen-bond donors (Lipinski definition) is 0. The van der Waals surface area contributed by atoms with Gasteiger partial charge in [-0.3, -0.25) is 0 Å². The molecule has 0 N–H and O–H groups in total. The van der Waals surface area contributed by atoms with Crippen molar-refractivity contribution in [3.05, 3.63) is 0 Å². The molecule has 0 radical (unpaired) electrons. The zero-order valence-corrected chi connectivity index (χ0v) is 19.3. The van der Waals surface area contributed by atoms with Gasteiger partial charge in [0.1, 0.15) is 0 Å². The lowest BCUT2D eigenvalue weighted by atomic mass is 9.91. The van der Waals surface area contributed by atoms with Crippen molar-refractivity contribution in [1.29, 1.82) is 0 Å². The topological polar surface area (TPSA) is 0 Å². The molecule has 0 aliphatic carbocycles. The molecule has 1 heteroatoms. The fraction of sp³-hybridized carbons (Fsp3) is 1.00. The first-order valence-electron chi connectivity index (χ1n) is 10.8. The van der Waals surface area contributed by atoms with Crippen molar-refractivity contribution in [1.82, 2.24) is 0 Å². The Kier molecular flexibility index (Phi) is 13.7. The van der Waals surface area contributed by atoms with E-state index >= 15 is 0 Å². The van der Waals surface area contributed by atoms with Gasteiger partial charge in [-0.05, 0) is 54.6 Å². The van der Waals surface area contributed by atoms with E-state index in [-0.39, 0.29) is 10.0 Å². The molecule has 0 aromatic carbocycles. The predicted molar refractivity (Wildman–Crippen MR) is 119 cm³/mol. The van der Waals surface area contributed by atoms with Crippen LogP contribution in [-0.2, 0) is 0 Å². The molecule has 24 heavy (non-hydrogen) atoms. The molecule has 0 rings (SSSR count). The normalized spacial score (nSPS) is 17.0. The Bertz CT molecular complexity index is 276. The second-order valence-electron chi connectivity index (χ2n) is 10.1. The summed E-state index contributed by atoms with van der Waals surface area (Å²) in [5.41, 5.74) is 0. The van der Waals surface area contributed by atoms with Crippen molar-refractivity contribution in [2.75, 3.05) is 24.5 Å². The fourth-order valence-electron chi connectivity index (χ4n) is 3.49. The molecule has 0 aromatic rings. The third kappa shape index (κ3) is 17.2. The van der Waals surface area contributed by atoms with E-state index in [1.165, 1.54) is 70.0 Å². The quantitative estimate of drug-likeness (QED) is 0.277. The Hall–Kier alpha value is 0.350. The van der Waals surface area contributed by atoms with Crippen molar-refractivity contribution >= 4 is 10.0 Å². The van der Waals surface area contributed by atoms with Gasteiger partial charge in [0.15, 0.2) is 0 Å². The van der Waals surface area contributed by atoms with Crippen LogP contribution >= 0.6 is 10.0 Å². The summed E-state index contributed by atoms with van der Waals surface area (Å²) in [5.74, 6) is 5.15. The van der Waals surface area contributed by atoms with Crippen LogP contribution in [0.2, 0.25) is 0 Å². The highest BCUT2D eigenvalue weighted by Crippen LogP contribution is 2.36. The van der Waals surface area contributed by atoms with Crippen molar-refractivity contribution < 1.29 is 0 Å². The summed E-state index contributed by atoms with van der Waals surface area (Å²) in [6, 6.07) is 0. The van der Waals surface area contributed by atoms with Gasteiger partial charge in [0.05, 0.1) is 0 Å². The first-order chi connectivity index (χ1) is 11.1. The number of hydrogen-bond acceptors (Lipinski definition) is 0.